The zero-order valence-corrected chi connectivity index (χ0v) is 12.5. The minimum Gasteiger partial charge on any atom is -0.373 e. The first-order chi connectivity index (χ1) is 10.3. The van der Waals surface area contributed by atoms with Crippen molar-refractivity contribution < 1.29 is 4.79 Å². The smallest absolute Gasteiger partial charge is 0.258 e. The summed E-state index contributed by atoms with van der Waals surface area (Å²) in [5, 5.41) is 2.96. The van der Waals surface area contributed by atoms with Crippen LogP contribution in [-0.4, -0.2) is 24.5 Å². The van der Waals surface area contributed by atoms with E-state index in [1.54, 1.807) is 25.4 Å². The maximum Gasteiger partial charge on any atom is 0.258 e. The fraction of sp³-hybridized carbons (Fsp3) is 0.294. The summed E-state index contributed by atoms with van der Waals surface area (Å²) in [7, 11) is 1.79. The number of rotatable bonds is 6. The molecule has 1 heterocycles. The number of pyridine rings is 1. The van der Waals surface area contributed by atoms with E-state index in [9.17, 15) is 4.79 Å². The first kappa shape index (κ1) is 15.0. The number of unbranched alkanes of at least 4 members (excludes halogenated alkanes) is 1. The molecule has 0 aliphatic rings. The van der Waals surface area contributed by atoms with Crippen LogP contribution in [0.1, 0.15) is 30.1 Å². The molecule has 0 radical (unpaired) electrons. The molecule has 0 atom stereocenters. The molecule has 1 amide bonds. The second-order valence-electron chi connectivity index (χ2n) is 4.83. The summed E-state index contributed by atoms with van der Waals surface area (Å²) in [6.45, 7) is 2.84. The predicted octanol–water partition coefficient (Wildman–Crippen LogP) is 3.57. The van der Waals surface area contributed by atoms with Crippen molar-refractivity contribution in [3.63, 3.8) is 0 Å². The average Bonchev–Trinajstić information content (AvgIpc) is 2.56. The molecule has 0 aliphatic heterocycles. The van der Waals surface area contributed by atoms with Crippen LogP contribution in [0, 0.1) is 0 Å². The molecule has 0 spiro atoms. The predicted molar refractivity (Wildman–Crippen MR) is 86.8 cm³/mol. The Balaban J connectivity index is 2.29. The van der Waals surface area contributed by atoms with Gasteiger partial charge < -0.3 is 10.2 Å². The Morgan fingerprint density at radius 2 is 2.00 bits per heavy atom. The van der Waals surface area contributed by atoms with Crippen LogP contribution in [0.15, 0.2) is 48.7 Å². The summed E-state index contributed by atoms with van der Waals surface area (Å²) >= 11 is 0. The van der Waals surface area contributed by atoms with Gasteiger partial charge in [-0.05, 0) is 30.7 Å². The van der Waals surface area contributed by atoms with Gasteiger partial charge in [0.05, 0.1) is 0 Å². The lowest BCUT2D eigenvalue weighted by molar-refractivity contribution is 0.0986. The average molecular weight is 283 g/mol. The van der Waals surface area contributed by atoms with Gasteiger partial charge in [0.15, 0.2) is 0 Å². The van der Waals surface area contributed by atoms with Crippen molar-refractivity contribution in [2.45, 2.75) is 19.8 Å². The summed E-state index contributed by atoms with van der Waals surface area (Å²) < 4.78 is 0. The topological polar surface area (TPSA) is 45.2 Å². The van der Waals surface area contributed by atoms with E-state index in [4.69, 9.17) is 0 Å². The number of aromatic nitrogens is 1. The number of hydrogen-bond acceptors (Lipinski definition) is 3. The quantitative estimate of drug-likeness (QED) is 0.881. The molecule has 0 unspecified atom stereocenters. The van der Waals surface area contributed by atoms with E-state index in [-0.39, 0.29) is 5.91 Å². The van der Waals surface area contributed by atoms with Gasteiger partial charge in [-0.25, -0.2) is 4.98 Å². The molecule has 1 aromatic carbocycles. The standard InChI is InChI=1S/C17H21N3O/c1-3-4-12-20(15-8-6-5-7-9-15)17(21)14-10-11-19-16(13-14)18-2/h5-11,13H,3-4,12H2,1-2H3,(H,18,19). The molecule has 21 heavy (non-hydrogen) atoms. The molecule has 0 saturated heterocycles. The number of carbonyl (C=O) groups excluding carboxylic acids is 1. The fourth-order valence-corrected chi connectivity index (χ4v) is 2.13. The highest BCUT2D eigenvalue weighted by Crippen LogP contribution is 2.18. The van der Waals surface area contributed by atoms with Crippen molar-refractivity contribution in [2.75, 3.05) is 23.8 Å². The van der Waals surface area contributed by atoms with Crippen LogP contribution < -0.4 is 10.2 Å². The van der Waals surface area contributed by atoms with E-state index in [1.807, 2.05) is 35.2 Å². The summed E-state index contributed by atoms with van der Waals surface area (Å²) in [6, 6.07) is 13.3. The van der Waals surface area contributed by atoms with Crippen molar-refractivity contribution in [2.24, 2.45) is 0 Å². The van der Waals surface area contributed by atoms with Gasteiger partial charge in [-0.3, -0.25) is 4.79 Å². The molecule has 1 N–H and O–H groups in total. The summed E-state index contributed by atoms with van der Waals surface area (Å²) in [5.74, 6) is 0.706. The third-order valence-electron chi connectivity index (χ3n) is 3.31. The fourth-order valence-electron chi connectivity index (χ4n) is 2.13. The number of anilines is 2. The van der Waals surface area contributed by atoms with Crippen LogP contribution in [-0.2, 0) is 0 Å². The maximum absolute atomic E-state index is 12.8. The highest BCUT2D eigenvalue weighted by atomic mass is 16.2. The monoisotopic (exact) mass is 283 g/mol. The number of nitrogens with one attached hydrogen (secondary N) is 1. The lowest BCUT2D eigenvalue weighted by Gasteiger charge is -2.23. The third-order valence-corrected chi connectivity index (χ3v) is 3.31. The van der Waals surface area contributed by atoms with Crippen molar-refractivity contribution in [3.8, 4) is 0 Å². The van der Waals surface area contributed by atoms with Crippen molar-refractivity contribution in [1.29, 1.82) is 0 Å². The van der Waals surface area contributed by atoms with Crippen LogP contribution in [0.25, 0.3) is 0 Å². The van der Waals surface area contributed by atoms with E-state index in [2.05, 4.69) is 17.2 Å². The molecule has 0 aliphatic carbocycles. The largest absolute Gasteiger partial charge is 0.373 e. The van der Waals surface area contributed by atoms with Crippen molar-refractivity contribution in [3.05, 3.63) is 54.2 Å². The first-order valence-electron chi connectivity index (χ1n) is 7.27. The number of benzene rings is 1. The SMILES string of the molecule is CCCCN(C(=O)c1ccnc(NC)c1)c1ccccc1. The van der Waals surface area contributed by atoms with E-state index >= 15 is 0 Å². The zero-order chi connectivity index (χ0) is 15.1. The van der Waals surface area contributed by atoms with Gasteiger partial charge in [0, 0.05) is 31.0 Å². The summed E-state index contributed by atoms with van der Waals surface area (Å²) in [6.07, 6.45) is 3.68. The van der Waals surface area contributed by atoms with E-state index in [0.717, 1.165) is 25.1 Å². The number of nitrogens with zero attached hydrogens (tertiary/aromatic N) is 2. The van der Waals surface area contributed by atoms with Crippen molar-refractivity contribution >= 4 is 17.4 Å². The van der Waals surface area contributed by atoms with Crippen LogP contribution in [0.2, 0.25) is 0 Å². The molecule has 110 valence electrons. The molecule has 4 heteroatoms. The minimum atomic E-state index is 0.00792. The lowest BCUT2D eigenvalue weighted by Crippen LogP contribution is -2.32. The second-order valence-corrected chi connectivity index (χ2v) is 4.83. The Hall–Kier alpha value is -2.36. The molecule has 2 rings (SSSR count). The molecule has 0 bridgehead atoms. The number of carbonyl (C=O) groups is 1. The molecule has 0 fully saturated rings. The molecule has 0 saturated carbocycles. The summed E-state index contributed by atoms with van der Waals surface area (Å²) in [4.78, 5) is 18.8. The third kappa shape index (κ3) is 3.81. The van der Waals surface area contributed by atoms with Gasteiger partial charge in [0.2, 0.25) is 0 Å². The van der Waals surface area contributed by atoms with E-state index in [0.29, 0.717) is 11.4 Å². The molecule has 2 aromatic rings. The Labute approximate surface area is 125 Å². The number of amides is 1. The van der Waals surface area contributed by atoms with Crippen LogP contribution in [0.3, 0.4) is 0 Å². The van der Waals surface area contributed by atoms with Gasteiger partial charge in [-0.15, -0.1) is 0 Å². The molecule has 1 aromatic heterocycles. The normalized spacial score (nSPS) is 10.2. The molecule has 4 nitrogen and oxygen atoms in total. The zero-order valence-electron chi connectivity index (χ0n) is 12.5. The number of hydrogen-bond donors (Lipinski definition) is 1. The van der Waals surface area contributed by atoms with Crippen LogP contribution in [0.5, 0.6) is 0 Å². The van der Waals surface area contributed by atoms with Gasteiger partial charge in [0.1, 0.15) is 5.82 Å². The van der Waals surface area contributed by atoms with Gasteiger partial charge >= 0.3 is 0 Å². The van der Waals surface area contributed by atoms with Crippen molar-refractivity contribution in [1.82, 2.24) is 4.98 Å². The highest BCUT2D eigenvalue weighted by Gasteiger charge is 2.17. The molecular weight excluding hydrogens is 262 g/mol. The van der Waals surface area contributed by atoms with Gasteiger partial charge in [0.25, 0.3) is 5.91 Å². The van der Waals surface area contributed by atoms with E-state index in [1.165, 1.54) is 0 Å². The summed E-state index contributed by atoms with van der Waals surface area (Å²) in [5.41, 5.74) is 1.58. The second kappa shape index (κ2) is 7.43. The highest BCUT2D eigenvalue weighted by molar-refractivity contribution is 6.06. The Kier molecular flexibility index (Phi) is 5.32. The maximum atomic E-state index is 12.8. The Morgan fingerprint density at radius 3 is 2.67 bits per heavy atom. The van der Waals surface area contributed by atoms with Gasteiger partial charge in [-0.1, -0.05) is 31.5 Å². The van der Waals surface area contributed by atoms with E-state index < -0.39 is 0 Å². The lowest BCUT2D eigenvalue weighted by atomic mass is 10.2. The Morgan fingerprint density at radius 1 is 1.24 bits per heavy atom. The van der Waals surface area contributed by atoms with Gasteiger partial charge in [-0.2, -0.15) is 0 Å². The first-order valence-corrected chi connectivity index (χ1v) is 7.27. The number of para-hydroxylation sites is 1. The Bertz CT molecular complexity index is 584. The van der Waals surface area contributed by atoms with Crippen LogP contribution >= 0.6 is 0 Å². The molecular formula is C17H21N3O. The minimum absolute atomic E-state index is 0.00792. The van der Waals surface area contributed by atoms with Crippen LogP contribution in [0.4, 0.5) is 11.5 Å².